The summed E-state index contributed by atoms with van der Waals surface area (Å²) in [4.78, 5) is 11.2. The van der Waals surface area contributed by atoms with E-state index in [0.29, 0.717) is 5.56 Å². The van der Waals surface area contributed by atoms with Gasteiger partial charge < -0.3 is 5.73 Å². The van der Waals surface area contributed by atoms with Gasteiger partial charge in [0.25, 0.3) is 0 Å². The Morgan fingerprint density at radius 1 is 1.46 bits per heavy atom. The first-order valence-corrected chi connectivity index (χ1v) is 4.14. The lowest BCUT2D eigenvalue weighted by Crippen LogP contribution is -2.13. The quantitative estimate of drug-likeness (QED) is 0.712. The van der Waals surface area contributed by atoms with E-state index in [1.165, 1.54) is 0 Å². The molecule has 1 aromatic carbocycles. The van der Waals surface area contributed by atoms with Crippen LogP contribution in [0, 0.1) is 0 Å². The van der Waals surface area contributed by atoms with Gasteiger partial charge in [0.1, 0.15) is 0 Å². The summed E-state index contributed by atoms with van der Waals surface area (Å²) in [6.07, 6.45) is 0. The van der Waals surface area contributed by atoms with Crippen LogP contribution < -0.4 is 5.73 Å². The van der Waals surface area contributed by atoms with Crippen LogP contribution in [-0.2, 0) is 0 Å². The van der Waals surface area contributed by atoms with Crippen molar-refractivity contribution in [3.05, 3.63) is 42.0 Å². The molecule has 0 aliphatic carbocycles. The van der Waals surface area contributed by atoms with Crippen molar-refractivity contribution in [3.8, 4) is 0 Å². The second-order valence-corrected chi connectivity index (χ2v) is 2.99. The van der Waals surface area contributed by atoms with Crippen molar-refractivity contribution in [2.45, 2.75) is 6.92 Å². The van der Waals surface area contributed by atoms with Crippen LogP contribution in [0.4, 0.5) is 0 Å². The van der Waals surface area contributed by atoms with Gasteiger partial charge in [-0.1, -0.05) is 30.4 Å². The highest BCUT2D eigenvalue weighted by Crippen LogP contribution is 2.13. The smallest absolute Gasteiger partial charge is 0.176 e. The number of nitrogens with two attached hydrogens (primary N) is 1. The maximum absolute atomic E-state index is 11.2. The fourth-order valence-corrected chi connectivity index (χ4v) is 1.08. The molecule has 0 saturated carbocycles. The Kier molecular flexibility index (Phi) is 2.98. The third-order valence-electron chi connectivity index (χ3n) is 1.86. The maximum Gasteiger partial charge on any atom is 0.176 e. The zero-order valence-electron chi connectivity index (χ0n) is 7.71. The molecule has 1 aromatic rings. The predicted octanol–water partition coefficient (Wildman–Crippen LogP) is 1.86. The van der Waals surface area contributed by atoms with Crippen molar-refractivity contribution in [1.29, 1.82) is 0 Å². The van der Waals surface area contributed by atoms with Gasteiger partial charge in [0.05, 0.1) is 6.54 Å². The molecule has 1 rings (SSSR count). The van der Waals surface area contributed by atoms with E-state index in [1.54, 1.807) is 6.07 Å². The van der Waals surface area contributed by atoms with Crippen molar-refractivity contribution in [3.63, 3.8) is 0 Å². The summed E-state index contributed by atoms with van der Waals surface area (Å²) in [6.45, 7) is 5.77. The van der Waals surface area contributed by atoms with Crippen molar-refractivity contribution < 1.29 is 4.79 Å². The minimum atomic E-state index is -0.0388. The van der Waals surface area contributed by atoms with Crippen LogP contribution in [0.1, 0.15) is 22.8 Å². The van der Waals surface area contributed by atoms with Gasteiger partial charge in [-0.25, -0.2) is 0 Å². The number of carbonyl (C=O) groups excluding carboxylic acids is 1. The van der Waals surface area contributed by atoms with Gasteiger partial charge in [-0.3, -0.25) is 4.79 Å². The van der Waals surface area contributed by atoms with E-state index < -0.39 is 0 Å². The SMILES string of the molecule is C=C(C)c1cccc(C(=O)CN)c1. The number of carbonyl (C=O) groups is 1. The van der Waals surface area contributed by atoms with Crippen LogP contribution in [0.2, 0.25) is 0 Å². The molecule has 2 heteroatoms. The molecule has 0 amide bonds. The average Bonchev–Trinajstić information content (AvgIpc) is 2.17. The molecule has 0 fully saturated rings. The Balaban J connectivity index is 3.05. The zero-order chi connectivity index (χ0) is 9.84. The molecule has 0 aliphatic heterocycles. The van der Waals surface area contributed by atoms with E-state index in [0.717, 1.165) is 11.1 Å². The van der Waals surface area contributed by atoms with Crippen molar-refractivity contribution in [2.75, 3.05) is 6.54 Å². The van der Waals surface area contributed by atoms with E-state index in [9.17, 15) is 4.79 Å². The minimum Gasteiger partial charge on any atom is -0.324 e. The molecule has 0 radical (unpaired) electrons. The molecule has 0 aromatic heterocycles. The molecular formula is C11H13NO. The summed E-state index contributed by atoms with van der Waals surface area (Å²) in [5.74, 6) is -0.0388. The Morgan fingerprint density at radius 2 is 2.08 bits per heavy atom. The number of Topliss-reactive ketones (excluding diaryl/α,β-unsaturated/α-hetero) is 1. The van der Waals surface area contributed by atoms with Crippen LogP contribution >= 0.6 is 0 Å². The third kappa shape index (κ3) is 2.26. The Labute approximate surface area is 78.1 Å². The average molecular weight is 175 g/mol. The maximum atomic E-state index is 11.2. The zero-order valence-corrected chi connectivity index (χ0v) is 7.71. The summed E-state index contributed by atoms with van der Waals surface area (Å²) in [5, 5.41) is 0. The summed E-state index contributed by atoms with van der Waals surface area (Å²) in [7, 11) is 0. The fraction of sp³-hybridized carbons (Fsp3) is 0.182. The van der Waals surface area contributed by atoms with Crippen molar-refractivity contribution in [2.24, 2.45) is 5.73 Å². The second-order valence-electron chi connectivity index (χ2n) is 2.99. The van der Waals surface area contributed by atoms with Crippen molar-refractivity contribution >= 4 is 11.4 Å². The first-order chi connectivity index (χ1) is 6.15. The van der Waals surface area contributed by atoms with Crippen LogP contribution in [0.3, 0.4) is 0 Å². The highest BCUT2D eigenvalue weighted by Gasteiger charge is 2.03. The van der Waals surface area contributed by atoms with E-state index in [2.05, 4.69) is 6.58 Å². The normalized spacial score (nSPS) is 9.69. The number of allylic oxidation sites excluding steroid dienone is 1. The van der Waals surface area contributed by atoms with Gasteiger partial charge in [-0.15, -0.1) is 0 Å². The van der Waals surface area contributed by atoms with Crippen LogP contribution in [0.5, 0.6) is 0 Å². The van der Waals surface area contributed by atoms with Gasteiger partial charge in [0, 0.05) is 5.56 Å². The van der Waals surface area contributed by atoms with E-state index in [1.807, 2.05) is 25.1 Å². The van der Waals surface area contributed by atoms with Gasteiger partial charge in [0.15, 0.2) is 5.78 Å². The number of rotatable bonds is 3. The van der Waals surface area contributed by atoms with E-state index in [-0.39, 0.29) is 12.3 Å². The standard InChI is InChI=1S/C11H13NO/c1-8(2)9-4-3-5-10(6-9)11(13)7-12/h3-6H,1,7,12H2,2H3. The molecule has 0 atom stereocenters. The largest absolute Gasteiger partial charge is 0.324 e. The van der Waals surface area contributed by atoms with Crippen LogP contribution in [-0.4, -0.2) is 12.3 Å². The molecule has 0 saturated heterocycles. The summed E-state index contributed by atoms with van der Waals surface area (Å²) in [6, 6.07) is 7.35. The minimum absolute atomic E-state index is 0.0388. The predicted molar refractivity (Wildman–Crippen MR) is 54.5 cm³/mol. The van der Waals surface area contributed by atoms with Gasteiger partial charge >= 0.3 is 0 Å². The van der Waals surface area contributed by atoms with Gasteiger partial charge in [0.2, 0.25) is 0 Å². The number of hydrogen-bond acceptors (Lipinski definition) is 2. The second kappa shape index (κ2) is 4.01. The highest BCUT2D eigenvalue weighted by molar-refractivity contribution is 5.98. The molecule has 2 nitrogen and oxygen atoms in total. The van der Waals surface area contributed by atoms with Gasteiger partial charge in [-0.05, 0) is 18.6 Å². The lowest BCUT2D eigenvalue weighted by molar-refractivity contribution is 0.100. The first-order valence-electron chi connectivity index (χ1n) is 4.14. The lowest BCUT2D eigenvalue weighted by Gasteiger charge is -2.02. The monoisotopic (exact) mass is 175 g/mol. The molecule has 0 spiro atoms. The molecule has 0 bridgehead atoms. The van der Waals surface area contributed by atoms with Crippen LogP contribution in [0.25, 0.3) is 5.57 Å². The molecule has 0 aliphatic rings. The highest BCUT2D eigenvalue weighted by atomic mass is 16.1. The number of ketones is 1. The Bertz CT molecular complexity index is 342. The van der Waals surface area contributed by atoms with Crippen LogP contribution in [0.15, 0.2) is 30.8 Å². The topological polar surface area (TPSA) is 43.1 Å². The van der Waals surface area contributed by atoms with E-state index in [4.69, 9.17) is 5.73 Å². The Hall–Kier alpha value is -1.41. The third-order valence-corrected chi connectivity index (χ3v) is 1.86. The molecule has 68 valence electrons. The van der Waals surface area contributed by atoms with Gasteiger partial charge in [-0.2, -0.15) is 0 Å². The number of benzene rings is 1. The first kappa shape index (κ1) is 9.68. The molecule has 0 heterocycles. The molecule has 0 unspecified atom stereocenters. The van der Waals surface area contributed by atoms with E-state index >= 15 is 0 Å². The fourth-order valence-electron chi connectivity index (χ4n) is 1.08. The summed E-state index contributed by atoms with van der Waals surface area (Å²) >= 11 is 0. The Morgan fingerprint density at radius 3 is 2.62 bits per heavy atom. The summed E-state index contributed by atoms with van der Waals surface area (Å²) < 4.78 is 0. The van der Waals surface area contributed by atoms with Crippen molar-refractivity contribution in [1.82, 2.24) is 0 Å². The number of hydrogen-bond donors (Lipinski definition) is 1. The molecule has 2 N–H and O–H groups in total. The molecular weight excluding hydrogens is 162 g/mol. The summed E-state index contributed by atoms with van der Waals surface area (Å²) in [5.41, 5.74) is 7.85. The molecule has 13 heavy (non-hydrogen) atoms. The lowest BCUT2D eigenvalue weighted by atomic mass is 10.0.